The van der Waals surface area contributed by atoms with E-state index >= 15 is 0 Å². The van der Waals surface area contributed by atoms with Crippen LogP contribution in [0.15, 0.2) is 22.7 Å². The van der Waals surface area contributed by atoms with Crippen molar-refractivity contribution in [3.63, 3.8) is 0 Å². The average Bonchev–Trinajstić information content (AvgIpc) is 2.18. The molecular weight excluding hydrogens is 294 g/mol. The Morgan fingerprint density at radius 1 is 1.17 bits per heavy atom. The molecule has 1 fully saturated rings. The number of nitrogens with zero attached hydrogens (tertiary/aromatic N) is 1. The van der Waals surface area contributed by atoms with E-state index in [9.17, 15) is 9.59 Å². The van der Waals surface area contributed by atoms with Crippen molar-refractivity contribution < 1.29 is 9.59 Å². The predicted molar refractivity (Wildman–Crippen MR) is 74.4 cm³/mol. The minimum atomic E-state index is -0.234. The molecule has 0 spiro atoms. The molecule has 18 heavy (non-hydrogen) atoms. The van der Waals surface area contributed by atoms with Crippen LogP contribution in [0.25, 0.3) is 0 Å². The topological polar surface area (TPSA) is 37.4 Å². The zero-order valence-corrected chi connectivity index (χ0v) is 12.4. The minimum absolute atomic E-state index is 0.124. The molecule has 0 N–H and O–H groups in total. The van der Waals surface area contributed by atoms with E-state index in [0.29, 0.717) is 18.5 Å². The van der Waals surface area contributed by atoms with Crippen molar-refractivity contribution in [2.75, 3.05) is 4.90 Å². The molecule has 1 heterocycles. The monoisotopic (exact) mass is 309 g/mol. The summed E-state index contributed by atoms with van der Waals surface area (Å²) in [5.41, 5.74) is 1.50. The van der Waals surface area contributed by atoms with E-state index in [-0.39, 0.29) is 17.2 Å². The number of hydrogen-bond acceptors (Lipinski definition) is 2. The summed E-state index contributed by atoms with van der Waals surface area (Å²) in [5.74, 6) is -0.249. The highest BCUT2D eigenvalue weighted by Gasteiger charge is 2.38. The number of amides is 2. The van der Waals surface area contributed by atoms with Crippen molar-refractivity contribution in [1.82, 2.24) is 0 Å². The van der Waals surface area contributed by atoms with Crippen LogP contribution in [-0.2, 0) is 9.59 Å². The Labute approximate surface area is 115 Å². The number of carbonyl (C=O) groups is 2. The van der Waals surface area contributed by atoms with Gasteiger partial charge in [-0.15, -0.1) is 0 Å². The molecule has 1 aliphatic rings. The van der Waals surface area contributed by atoms with Gasteiger partial charge in [0.05, 0.1) is 5.69 Å². The number of benzene rings is 1. The van der Waals surface area contributed by atoms with E-state index in [2.05, 4.69) is 15.9 Å². The van der Waals surface area contributed by atoms with Crippen LogP contribution in [0, 0.1) is 12.3 Å². The van der Waals surface area contributed by atoms with Crippen molar-refractivity contribution in [1.29, 1.82) is 0 Å². The van der Waals surface area contributed by atoms with Crippen LogP contribution in [0.1, 0.15) is 32.3 Å². The second-order valence-electron chi connectivity index (χ2n) is 5.60. The molecule has 0 saturated carbocycles. The van der Waals surface area contributed by atoms with Crippen LogP contribution in [0.3, 0.4) is 0 Å². The third-order valence-corrected chi connectivity index (χ3v) is 3.74. The fraction of sp³-hybridized carbons (Fsp3) is 0.429. The molecule has 2 amide bonds. The first-order valence-electron chi connectivity index (χ1n) is 5.92. The lowest BCUT2D eigenvalue weighted by molar-refractivity contribution is -0.132. The van der Waals surface area contributed by atoms with Crippen LogP contribution in [0.4, 0.5) is 5.69 Å². The standard InChI is InChI=1S/C14H16BrNO2/c1-9-4-5-11(10(15)6-9)16-12(17)7-14(2,3)8-13(16)18/h4-6H,7-8H2,1-3H3. The zero-order valence-electron chi connectivity index (χ0n) is 10.8. The lowest BCUT2D eigenvalue weighted by atomic mass is 9.81. The Bertz CT molecular complexity index is 503. The summed E-state index contributed by atoms with van der Waals surface area (Å²) < 4.78 is 0.781. The Balaban J connectivity index is 2.39. The van der Waals surface area contributed by atoms with E-state index in [0.717, 1.165) is 10.0 Å². The molecule has 1 saturated heterocycles. The lowest BCUT2D eigenvalue weighted by Crippen LogP contribution is -2.46. The molecule has 0 radical (unpaired) electrons. The number of halogens is 1. The van der Waals surface area contributed by atoms with Gasteiger partial charge in [-0.3, -0.25) is 9.59 Å². The number of carbonyl (C=O) groups excluding carboxylic acids is 2. The van der Waals surface area contributed by atoms with E-state index in [1.807, 2.05) is 39.0 Å². The largest absolute Gasteiger partial charge is 0.274 e. The second-order valence-corrected chi connectivity index (χ2v) is 6.45. The van der Waals surface area contributed by atoms with Gasteiger partial charge in [0, 0.05) is 17.3 Å². The molecule has 1 aromatic rings. The smallest absolute Gasteiger partial charge is 0.234 e. The molecule has 0 bridgehead atoms. The number of imide groups is 1. The van der Waals surface area contributed by atoms with Crippen molar-refractivity contribution in [3.05, 3.63) is 28.2 Å². The van der Waals surface area contributed by atoms with Crippen LogP contribution in [0.2, 0.25) is 0 Å². The fourth-order valence-electron chi connectivity index (χ4n) is 2.24. The number of rotatable bonds is 1. The van der Waals surface area contributed by atoms with Crippen LogP contribution >= 0.6 is 15.9 Å². The van der Waals surface area contributed by atoms with Crippen LogP contribution in [-0.4, -0.2) is 11.8 Å². The normalized spacial score (nSPS) is 19.2. The summed E-state index contributed by atoms with van der Waals surface area (Å²) in [5, 5.41) is 0. The Kier molecular flexibility index (Phi) is 3.32. The molecule has 2 rings (SSSR count). The first-order chi connectivity index (χ1) is 8.30. The first-order valence-corrected chi connectivity index (χ1v) is 6.71. The molecule has 1 aliphatic heterocycles. The molecule has 0 aromatic heterocycles. The summed E-state index contributed by atoms with van der Waals surface area (Å²) in [6, 6.07) is 5.63. The van der Waals surface area contributed by atoms with Gasteiger partial charge >= 0.3 is 0 Å². The zero-order chi connectivity index (χ0) is 13.5. The summed E-state index contributed by atoms with van der Waals surface area (Å²) in [7, 11) is 0. The number of hydrogen-bond donors (Lipinski definition) is 0. The first kappa shape index (κ1) is 13.3. The molecule has 4 heteroatoms. The van der Waals surface area contributed by atoms with E-state index in [1.165, 1.54) is 4.90 Å². The maximum Gasteiger partial charge on any atom is 0.234 e. The Hall–Kier alpha value is -1.16. The van der Waals surface area contributed by atoms with Gasteiger partial charge in [0.2, 0.25) is 11.8 Å². The SMILES string of the molecule is Cc1ccc(N2C(=O)CC(C)(C)CC2=O)c(Br)c1. The number of piperidine rings is 1. The van der Waals surface area contributed by atoms with Gasteiger partial charge in [0.25, 0.3) is 0 Å². The summed E-state index contributed by atoms with van der Waals surface area (Å²) in [6.07, 6.45) is 0.804. The lowest BCUT2D eigenvalue weighted by Gasteiger charge is -2.35. The van der Waals surface area contributed by atoms with Gasteiger partial charge < -0.3 is 0 Å². The van der Waals surface area contributed by atoms with Crippen molar-refractivity contribution >= 4 is 33.4 Å². The van der Waals surface area contributed by atoms with Gasteiger partial charge in [-0.05, 0) is 46.0 Å². The van der Waals surface area contributed by atoms with Crippen LogP contribution < -0.4 is 4.90 Å². The fourth-order valence-corrected chi connectivity index (χ4v) is 2.91. The third kappa shape index (κ3) is 2.48. The van der Waals surface area contributed by atoms with E-state index in [1.54, 1.807) is 0 Å². The summed E-state index contributed by atoms with van der Waals surface area (Å²) in [4.78, 5) is 25.6. The van der Waals surface area contributed by atoms with E-state index in [4.69, 9.17) is 0 Å². The van der Waals surface area contributed by atoms with Crippen LogP contribution in [0.5, 0.6) is 0 Å². The maximum atomic E-state index is 12.1. The van der Waals surface area contributed by atoms with Crippen molar-refractivity contribution in [3.8, 4) is 0 Å². The molecule has 0 unspecified atom stereocenters. The second kappa shape index (κ2) is 4.50. The molecule has 96 valence electrons. The highest BCUT2D eigenvalue weighted by Crippen LogP contribution is 2.36. The average molecular weight is 310 g/mol. The van der Waals surface area contributed by atoms with Crippen molar-refractivity contribution in [2.45, 2.75) is 33.6 Å². The quantitative estimate of drug-likeness (QED) is 0.745. The Morgan fingerprint density at radius 3 is 2.22 bits per heavy atom. The van der Waals surface area contributed by atoms with Crippen molar-refractivity contribution in [2.24, 2.45) is 5.41 Å². The molecular formula is C14H16BrNO2. The minimum Gasteiger partial charge on any atom is -0.274 e. The third-order valence-electron chi connectivity index (χ3n) is 3.10. The molecule has 0 aliphatic carbocycles. The summed E-state index contributed by atoms with van der Waals surface area (Å²) >= 11 is 3.42. The van der Waals surface area contributed by atoms with Gasteiger partial charge in [-0.1, -0.05) is 19.9 Å². The number of anilines is 1. The van der Waals surface area contributed by atoms with Gasteiger partial charge in [0.15, 0.2) is 0 Å². The highest BCUT2D eigenvalue weighted by molar-refractivity contribution is 9.10. The Morgan fingerprint density at radius 2 is 1.72 bits per heavy atom. The van der Waals surface area contributed by atoms with Gasteiger partial charge in [-0.2, -0.15) is 0 Å². The van der Waals surface area contributed by atoms with E-state index < -0.39 is 0 Å². The summed E-state index contributed by atoms with van der Waals surface area (Å²) in [6.45, 7) is 5.87. The molecule has 0 atom stereocenters. The number of aryl methyl sites for hydroxylation is 1. The van der Waals surface area contributed by atoms with Gasteiger partial charge in [-0.25, -0.2) is 4.90 Å². The van der Waals surface area contributed by atoms with Gasteiger partial charge in [0.1, 0.15) is 0 Å². The molecule has 3 nitrogen and oxygen atoms in total. The molecule has 1 aromatic carbocycles. The predicted octanol–water partition coefficient (Wildman–Crippen LogP) is 3.44. The maximum absolute atomic E-state index is 12.1. The highest BCUT2D eigenvalue weighted by atomic mass is 79.9.